The number of rotatable bonds is 3. The van der Waals surface area contributed by atoms with Crippen LogP contribution in [-0.2, 0) is 6.61 Å². The fraction of sp³-hybridized carbons (Fsp3) is 0.400. The van der Waals surface area contributed by atoms with Gasteiger partial charge < -0.3 is 5.11 Å². The summed E-state index contributed by atoms with van der Waals surface area (Å²) in [5, 5.41) is 9.48. The Bertz CT molecular complexity index is 675. The van der Waals surface area contributed by atoms with Crippen molar-refractivity contribution in [3.05, 3.63) is 59.4 Å². The maximum atomic E-state index is 14.3. The Kier molecular flexibility index (Phi) is 4.05. The Morgan fingerprint density at radius 2 is 1.91 bits per heavy atom. The SMILES string of the molecule is CC1(C)CCCC1c1cc(CO)ccc1-c1ccccc1F. The standard InChI is InChI=1S/C20H23FO/c1-20(2)11-5-7-18(20)17-12-14(13-22)9-10-15(17)16-6-3-4-8-19(16)21/h3-4,6,8-10,12,18,22H,5,7,11,13H2,1-2H3. The molecule has 0 spiro atoms. The van der Waals surface area contributed by atoms with Crippen molar-refractivity contribution in [3.8, 4) is 11.1 Å². The van der Waals surface area contributed by atoms with E-state index < -0.39 is 0 Å². The van der Waals surface area contributed by atoms with Crippen molar-refractivity contribution in [1.82, 2.24) is 0 Å². The van der Waals surface area contributed by atoms with Gasteiger partial charge in [0.05, 0.1) is 6.61 Å². The molecule has 116 valence electrons. The minimum absolute atomic E-state index is 0.0255. The summed E-state index contributed by atoms with van der Waals surface area (Å²) in [4.78, 5) is 0. The van der Waals surface area contributed by atoms with Crippen LogP contribution in [0.5, 0.6) is 0 Å². The van der Waals surface area contributed by atoms with Gasteiger partial charge in [0.25, 0.3) is 0 Å². The Hall–Kier alpha value is -1.67. The van der Waals surface area contributed by atoms with Crippen molar-refractivity contribution in [1.29, 1.82) is 0 Å². The van der Waals surface area contributed by atoms with E-state index in [1.54, 1.807) is 6.07 Å². The van der Waals surface area contributed by atoms with Crippen LogP contribution in [0.15, 0.2) is 42.5 Å². The van der Waals surface area contributed by atoms with Crippen LogP contribution in [0.2, 0.25) is 0 Å². The monoisotopic (exact) mass is 298 g/mol. The van der Waals surface area contributed by atoms with E-state index in [2.05, 4.69) is 19.9 Å². The molecule has 0 radical (unpaired) electrons. The number of benzene rings is 2. The molecule has 0 heterocycles. The molecule has 1 unspecified atom stereocenters. The number of hydrogen-bond donors (Lipinski definition) is 1. The fourth-order valence-electron chi connectivity index (χ4n) is 3.83. The molecule has 1 N–H and O–H groups in total. The van der Waals surface area contributed by atoms with Crippen molar-refractivity contribution < 1.29 is 9.50 Å². The lowest BCUT2D eigenvalue weighted by atomic mass is 9.75. The quantitative estimate of drug-likeness (QED) is 0.817. The zero-order chi connectivity index (χ0) is 15.7. The van der Waals surface area contributed by atoms with E-state index in [4.69, 9.17) is 0 Å². The van der Waals surface area contributed by atoms with Crippen molar-refractivity contribution in [3.63, 3.8) is 0 Å². The third-order valence-electron chi connectivity index (χ3n) is 5.10. The smallest absolute Gasteiger partial charge is 0.131 e. The van der Waals surface area contributed by atoms with Gasteiger partial charge in [0, 0.05) is 5.56 Å². The summed E-state index contributed by atoms with van der Waals surface area (Å²) in [5.41, 5.74) is 3.92. The van der Waals surface area contributed by atoms with Crippen LogP contribution >= 0.6 is 0 Å². The van der Waals surface area contributed by atoms with Gasteiger partial charge in [0.15, 0.2) is 0 Å². The molecule has 0 bridgehead atoms. The summed E-state index contributed by atoms with van der Waals surface area (Å²) >= 11 is 0. The molecule has 1 aliphatic carbocycles. The van der Waals surface area contributed by atoms with Crippen molar-refractivity contribution >= 4 is 0 Å². The number of aliphatic hydroxyl groups is 1. The molecule has 0 saturated heterocycles. The van der Waals surface area contributed by atoms with Gasteiger partial charge in [-0.1, -0.05) is 56.7 Å². The predicted molar refractivity (Wildman–Crippen MR) is 88.1 cm³/mol. The second kappa shape index (κ2) is 5.85. The lowest BCUT2D eigenvalue weighted by Crippen LogP contribution is -2.16. The topological polar surface area (TPSA) is 20.2 Å². The van der Waals surface area contributed by atoms with Gasteiger partial charge >= 0.3 is 0 Å². The number of aliphatic hydroxyl groups excluding tert-OH is 1. The highest BCUT2D eigenvalue weighted by Gasteiger charge is 2.36. The Morgan fingerprint density at radius 3 is 2.55 bits per heavy atom. The second-order valence-corrected chi connectivity index (χ2v) is 6.99. The van der Waals surface area contributed by atoms with E-state index in [1.165, 1.54) is 24.5 Å². The summed E-state index contributed by atoms with van der Waals surface area (Å²) in [6.45, 7) is 4.61. The van der Waals surface area contributed by atoms with Crippen LogP contribution in [-0.4, -0.2) is 5.11 Å². The normalized spacial score (nSPS) is 20.3. The molecule has 22 heavy (non-hydrogen) atoms. The van der Waals surface area contributed by atoms with E-state index >= 15 is 0 Å². The van der Waals surface area contributed by atoms with Crippen LogP contribution in [0.1, 0.15) is 50.2 Å². The molecule has 0 amide bonds. The Morgan fingerprint density at radius 1 is 1.14 bits per heavy atom. The summed E-state index contributed by atoms with van der Waals surface area (Å²) in [5.74, 6) is 0.227. The molecular weight excluding hydrogens is 275 g/mol. The first-order valence-electron chi connectivity index (χ1n) is 8.01. The van der Waals surface area contributed by atoms with Crippen LogP contribution in [0.3, 0.4) is 0 Å². The molecule has 2 aromatic rings. The van der Waals surface area contributed by atoms with Gasteiger partial charge in [-0.15, -0.1) is 0 Å². The first-order valence-corrected chi connectivity index (χ1v) is 8.01. The van der Waals surface area contributed by atoms with E-state index in [-0.39, 0.29) is 17.8 Å². The molecule has 0 aliphatic heterocycles. The van der Waals surface area contributed by atoms with Gasteiger partial charge in [-0.3, -0.25) is 0 Å². The summed E-state index contributed by atoms with van der Waals surface area (Å²) < 4.78 is 14.3. The van der Waals surface area contributed by atoms with Crippen molar-refractivity contribution in [2.45, 2.75) is 45.6 Å². The van der Waals surface area contributed by atoms with Gasteiger partial charge in [-0.25, -0.2) is 4.39 Å². The summed E-state index contributed by atoms with van der Waals surface area (Å²) in [6.07, 6.45) is 3.53. The molecule has 2 aromatic carbocycles. The molecule has 0 aromatic heterocycles. The van der Waals surface area contributed by atoms with Crippen molar-refractivity contribution in [2.75, 3.05) is 0 Å². The van der Waals surface area contributed by atoms with Gasteiger partial charge in [-0.05, 0) is 46.9 Å². The van der Waals surface area contributed by atoms with Crippen molar-refractivity contribution in [2.24, 2.45) is 5.41 Å². The van der Waals surface area contributed by atoms with E-state index in [9.17, 15) is 9.50 Å². The lowest BCUT2D eigenvalue weighted by Gasteiger charge is -2.29. The minimum Gasteiger partial charge on any atom is -0.392 e. The van der Waals surface area contributed by atoms with Gasteiger partial charge in [-0.2, -0.15) is 0 Å². The van der Waals surface area contributed by atoms with Crippen LogP contribution in [0.4, 0.5) is 4.39 Å². The average Bonchev–Trinajstić information content (AvgIpc) is 2.86. The number of hydrogen-bond acceptors (Lipinski definition) is 1. The van der Waals surface area contributed by atoms with E-state index in [0.717, 1.165) is 17.5 Å². The largest absolute Gasteiger partial charge is 0.392 e. The molecule has 2 heteroatoms. The Balaban J connectivity index is 2.17. The third kappa shape index (κ3) is 2.68. The minimum atomic E-state index is -0.184. The van der Waals surface area contributed by atoms with Crippen LogP contribution in [0.25, 0.3) is 11.1 Å². The summed E-state index contributed by atoms with van der Waals surface area (Å²) in [7, 11) is 0. The molecule has 1 saturated carbocycles. The maximum absolute atomic E-state index is 14.3. The highest BCUT2D eigenvalue weighted by Crippen LogP contribution is 2.51. The van der Waals surface area contributed by atoms with E-state index in [1.807, 2.05) is 24.3 Å². The molecule has 1 nitrogen and oxygen atoms in total. The molecule has 1 fully saturated rings. The zero-order valence-electron chi connectivity index (χ0n) is 13.3. The van der Waals surface area contributed by atoms with Crippen LogP contribution in [0, 0.1) is 11.2 Å². The first kappa shape index (κ1) is 15.2. The average molecular weight is 298 g/mol. The zero-order valence-corrected chi connectivity index (χ0v) is 13.3. The summed E-state index contributed by atoms with van der Waals surface area (Å²) in [6, 6.07) is 12.9. The highest BCUT2D eigenvalue weighted by atomic mass is 19.1. The molecule has 3 rings (SSSR count). The maximum Gasteiger partial charge on any atom is 0.131 e. The second-order valence-electron chi connectivity index (χ2n) is 6.99. The van der Waals surface area contributed by atoms with E-state index in [0.29, 0.717) is 11.5 Å². The Labute approximate surface area is 131 Å². The molecular formula is C20H23FO. The lowest BCUT2D eigenvalue weighted by molar-refractivity contribution is 0.281. The molecule has 1 atom stereocenters. The predicted octanol–water partition coefficient (Wildman–Crippen LogP) is 5.28. The fourth-order valence-corrected chi connectivity index (χ4v) is 3.83. The highest BCUT2D eigenvalue weighted by molar-refractivity contribution is 5.69. The number of halogens is 1. The molecule has 1 aliphatic rings. The van der Waals surface area contributed by atoms with Gasteiger partial charge in [0.1, 0.15) is 5.82 Å². The van der Waals surface area contributed by atoms with Gasteiger partial charge in [0.2, 0.25) is 0 Å². The third-order valence-corrected chi connectivity index (χ3v) is 5.10. The first-order chi connectivity index (χ1) is 10.5. The van der Waals surface area contributed by atoms with Crippen LogP contribution < -0.4 is 0 Å².